The smallest absolute Gasteiger partial charge is 0.00495 e. The van der Waals surface area contributed by atoms with Gasteiger partial charge in [0.2, 0.25) is 0 Å². The number of benzene rings is 2. The molecule has 1 aliphatic carbocycles. The lowest BCUT2D eigenvalue weighted by Gasteiger charge is -2.16. The van der Waals surface area contributed by atoms with Crippen molar-refractivity contribution < 1.29 is 0 Å². The molecule has 0 amide bonds. The van der Waals surface area contributed by atoms with Crippen molar-refractivity contribution in [3.63, 3.8) is 0 Å². The maximum Gasteiger partial charge on any atom is -0.00495 e. The first-order valence-corrected chi connectivity index (χ1v) is 11.9. The third kappa shape index (κ3) is 8.19. The number of hydrogen-bond donors (Lipinski definition) is 0. The van der Waals surface area contributed by atoms with Crippen LogP contribution in [0.5, 0.6) is 0 Å². The lowest BCUT2D eigenvalue weighted by atomic mass is 9.89. The van der Waals surface area contributed by atoms with Gasteiger partial charge in [-0.25, -0.2) is 0 Å². The van der Waals surface area contributed by atoms with Crippen LogP contribution >= 0.6 is 0 Å². The molecule has 3 rings (SSSR count). The molecule has 0 bridgehead atoms. The minimum absolute atomic E-state index is 0.410. The van der Waals surface area contributed by atoms with Crippen molar-refractivity contribution in [2.45, 2.75) is 33.1 Å². The first kappa shape index (κ1) is 23.5. The Bertz CT molecular complexity index is 980. The van der Waals surface area contributed by atoms with Gasteiger partial charge in [0.1, 0.15) is 0 Å². The fraction of sp³-hybridized carbons (Fsp3) is 0.250. The molecule has 0 saturated heterocycles. The van der Waals surface area contributed by atoms with E-state index in [0.29, 0.717) is 11.8 Å². The van der Waals surface area contributed by atoms with E-state index >= 15 is 0 Å². The predicted octanol–water partition coefficient (Wildman–Crippen LogP) is 9.17. The summed E-state index contributed by atoms with van der Waals surface area (Å²) in [6.07, 6.45) is 25.9. The SMILES string of the molecule is C=C(/C=C\[C@H](/C=C/c1ccc(/C=C/c2ccccc2)cc1)CC)/C=C/C1C=CC(C)CC1. The van der Waals surface area contributed by atoms with E-state index in [0.717, 1.165) is 17.9 Å². The first-order chi connectivity index (χ1) is 15.6. The van der Waals surface area contributed by atoms with E-state index in [9.17, 15) is 0 Å². The van der Waals surface area contributed by atoms with Gasteiger partial charge in [-0.2, -0.15) is 0 Å². The molecular weight excluding hydrogens is 384 g/mol. The molecule has 0 nitrogen and oxygen atoms in total. The van der Waals surface area contributed by atoms with Crippen molar-refractivity contribution in [1.29, 1.82) is 0 Å². The van der Waals surface area contributed by atoms with Gasteiger partial charge in [-0.1, -0.05) is 136 Å². The normalized spacial score (nSPS) is 20.1. The highest BCUT2D eigenvalue weighted by molar-refractivity contribution is 5.70. The fourth-order valence-electron chi connectivity index (χ4n) is 3.74. The summed E-state index contributed by atoms with van der Waals surface area (Å²) in [7, 11) is 0. The minimum Gasteiger partial charge on any atom is -0.0918 e. The summed E-state index contributed by atoms with van der Waals surface area (Å²) in [5.74, 6) is 1.69. The Kier molecular flexibility index (Phi) is 9.32. The van der Waals surface area contributed by atoms with Crippen molar-refractivity contribution in [3.8, 4) is 0 Å². The van der Waals surface area contributed by atoms with Crippen molar-refractivity contribution in [3.05, 3.63) is 126 Å². The predicted molar refractivity (Wildman–Crippen MR) is 143 cm³/mol. The summed E-state index contributed by atoms with van der Waals surface area (Å²) in [5, 5.41) is 0. The van der Waals surface area contributed by atoms with Gasteiger partial charge >= 0.3 is 0 Å². The Morgan fingerprint density at radius 2 is 1.50 bits per heavy atom. The molecule has 0 aromatic heterocycles. The fourth-order valence-corrected chi connectivity index (χ4v) is 3.74. The third-order valence-electron chi connectivity index (χ3n) is 5.97. The van der Waals surface area contributed by atoms with Gasteiger partial charge in [-0.05, 0) is 59.3 Å². The summed E-state index contributed by atoms with van der Waals surface area (Å²) in [6, 6.07) is 19.1. The molecule has 0 saturated carbocycles. The highest BCUT2D eigenvalue weighted by Crippen LogP contribution is 2.23. The molecule has 2 unspecified atom stereocenters. The van der Waals surface area contributed by atoms with Crippen LogP contribution in [0.3, 0.4) is 0 Å². The van der Waals surface area contributed by atoms with Crippen LogP contribution in [-0.4, -0.2) is 0 Å². The zero-order valence-electron chi connectivity index (χ0n) is 19.5. The summed E-state index contributed by atoms with van der Waals surface area (Å²) in [4.78, 5) is 0. The number of hydrogen-bond acceptors (Lipinski definition) is 0. The van der Waals surface area contributed by atoms with E-state index in [-0.39, 0.29) is 0 Å². The second kappa shape index (κ2) is 12.7. The highest BCUT2D eigenvalue weighted by atomic mass is 14.1. The Labute approximate surface area is 195 Å². The molecule has 0 aliphatic heterocycles. The van der Waals surface area contributed by atoms with Gasteiger partial charge in [-0.15, -0.1) is 0 Å². The lowest BCUT2D eigenvalue weighted by molar-refractivity contribution is 0.530. The maximum atomic E-state index is 4.20. The van der Waals surface area contributed by atoms with Gasteiger partial charge < -0.3 is 0 Å². The molecule has 32 heavy (non-hydrogen) atoms. The molecule has 0 radical (unpaired) electrons. The number of rotatable bonds is 9. The Hall–Kier alpha value is -3.12. The minimum atomic E-state index is 0.410. The van der Waals surface area contributed by atoms with E-state index in [1.54, 1.807) is 0 Å². The van der Waals surface area contributed by atoms with E-state index in [1.807, 2.05) is 6.07 Å². The van der Waals surface area contributed by atoms with Crippen molar-refractivity contribution in [1.82, 2.24) is 0 Å². The molecular formula is C32H36. The van der Waals surface area contributed by atoms with Crippen molar-refractivity contribution >= 4 is 18.2 Å². The molecule has 0 heteroatoms. The monoisotopic (exact) mass is 420 g/mol. The van der Waals surface area contributed by atoms with Crippen LogP contribution in [0.15, 0.2) is 109 Å². The van der Waals surface area contributed by atoms with Gasteiger partial charge in [0, 0.05) is 0 Å². The molecule has 0 spiro atoms. The zero-order chi connectivity index (χ0) is 22.6. The van der Waals surface area contributed by atoms with Crippen LogP contribution in [0.2, 0.25) is 0 Å². The molecule has 0 N–H and O–H groups in total. The average molecular weight is 421 g/mol. The van der Waals surface area contributed by atoms with Crippen LogP contribution in [-0.2, 0) is 0 Å². The van der Waals surface area contributed by atoms with Gasteiger partial charge in [0.25, 0.3) is 0 Å². The lowest BCUT2D eigenvalue weighted by Crippen LogP contribution is -2.03. The third-order valence-corrected chi connectivity index (χ3v) is 5.97. The van der Waals surface area contributed by atoms with E-state index in [1.165, 1.54) is 29.5 Å². The largest absolute Gasteiger partial charge is 0.0918 e. The molecule has 2 aromatic carbocycles. The molecule has 1 aliphatic rings. The average Bonchev–Trinajstić information content (AvgIpc) is 2.84. The van der Waals surface area contributed by atoms with Crippen molar-refractivity contribution in [2.75, 3.05) is 0 Å². The molecule has 0 heterocycles. The van der Waals surface area contributed by atoms with Crippen LogP contribution in [0, 0.1) is 17.8 Å². The van der Waals surface area contributed by atoms with Crippen molar-refractivity contribution in [2.24, 2.45) is 17.8 Å². The van der Waals surface area contributed by atoms with E-state index < -0.39 is 0 Å². The topological polar surface area (TPSA) is 0 Å². The second-order valence-corrected chi connectivity index (χ2v) is 8.74. The van der Waals surface area contributed by atoms with Gasteiger partial charge in [0.05, 0.1) is 0 Å². The Balaban J connectivity index is 1.52. The maximum absolute atomic E-state index is 4.20. The van der Waals surface area contributed by atoms with E-state index in [2.05, 4.69) is 130 Å². The highest BCUT2D eigenvalue weighted by Gasteiger charge is 2.09. The molecule has 164 valence electrons. The zero-order valence-corrected chi connectivity index (χ0v) is 19.5. The molecule has 2 aromatic rings. The quantitative estimate of drug-likeness (QED) is 0.215. The first-order valence-electron chi connectivity index (χ1n) is 11.9. The summed E-state index contributed by atoms with van der Waals surface area (Å²) in [5.41, 5.74) is 4.72. The second-order valence-electron chi connectivity index (χ2n) is 8.74. The Morgan fingerprint density at radius 1 is 0.844 bits per heavy atom. The van der Waals surface area contributed by atoms with Gasteiger partial charge in [0.15, 0.2) is 0 Å². The Morgan fingerprint density at radius 3 is 2.12 bits per heavy atom. The summed E-state index contributed by atoms with van der Waals surface area (Å²) in [6.45, 7) is 8.71. The van der Waals surface area contributed by atoms with E-state index in [4.69, 9.17) is 0 Å². The molecule has 0 fully saturated rings. The summed E-state index contributed by atoms with van der Waals surface area (Å²) < 4.78 is 0. The number of allylic oxidation sites excluding steroid dienone is 8. The molecule has 3 atom stereocenters. The van der Waals surface area contributed by atoms with Crippen LogP contribution in [0.4, 0.5) is 0 Å². The van der Waals surface area contributed by atoms with Crippen LogP contribution < -0.4 is 0 Å². The summed E-state index contributed by atoms with van der Waals surface area (Å²) >= 11 is 0. The van der Waals surface area contributed by atoms with Gasteiger partial charge in [-0.3, -0.25) is 0 Å². The standard InChI is InChI=1S/C32H36/c1-4-28(14-10-26(2)11-15-30-16-12-27(3)13-17-30)18-19-31-22-24-32(25-23-31)21-20-29-8-6-5-7-9-29/h5-12,14-16,18-25,27-28,30H,2,4,13,17H2,1,3H3/b14-10-,15-11+,19-18+,21-20+/t27?,28-,30?/m1/s1. The van der Waals surface area contributed by atoms with Crippen LogP contribution in [0.25, 0.3) is 18.2 Å². The van der Waals surface area contributed by atoms with Crippen LogP contribution in [0.1, 0.15) is 49.8 Å².